The fraction of sp³-hybridized carbons (Fsp3) is 0.154. The molecular weight excluding hydrogens is 386 g/mol. The first-order valence-electron chi connectivity index (χ1n) is 10.2. The highest BCUT2D eigenvalue weighted by molar-refractivity contribution is 6.05. The van der Waals surface area contributed by atoms with Gasteiger partial charge in [0.15, 0.2) is 0 Å². The lowest BCUT2D eigenvalue weighted by Crippen LogP contribution is -2.34. The second-order valence-electron chi connectivity index (χ2n) is 7.58. The zero-order valence-corrected chi connectivity index (χ0v) is 17.8. The second kappa shape index (κ2) is 10.3. The molecule has 0 bridgehead atoms. The maximum Gasteiger partial charge on any atom is 0.268 e. The van der Waals surface area contributed by atoms with Crippen LogP contribution in [-0.4, -0.2) is 11.8 Å². The smallest absolute Gasteiger partial charge is 0.268 e. The van der Waals surface area contributed by atoms with Crippen LogP contribution in [0.5, 0.6) is 0 Å². The molecule has 4 N–H and O–H groups in total. The molecular formula is C26H27N3O2. The lowest BCUT2D eigenvalue weighted by Gasteiger charge is -2.13. The number of hydrogen-bond donors (Lipinski definition) is 3. The maximum absolute atomic E-state index is 12.9. The average Bonchev–Trinajstić information content (AvgIpc) is 2.78. The third kappa shape index (κ3) is 6.06. The third-order valence-corrected chi connectivity index (χ3v) is 4.94. The van der Waals surface area contributed by atoms with Gasteiger partial charge >= 0.3 is 0 Å². The Hall–Kier alpha value is -3.86. The molecule has 0 aliphatic heterocycles. The number of carbonyl (C=O) groups is 2. The summed E-state index contributed by atoms with van der Waals surface area (Å²) in [5.41, 5.74) is 10.0. The average molecular weight is 414 g/mol. The van der Waals surface area contributed by atoms with Gasteiger partial charge in [0.2, 0.25) is 0 Å². The highest BCUT2D eigenvalue weighted by atomic mass is 16.2. The molecule has 5 heteroatoms. The summed E-state index contributed by atoms with van der Waals surface area (Å²) in [6.45, 7) is 4.51. The highest BCUT2D eigenvalue weighted by Crippen LogP contribution is 2.16. The van der Waals surface area contributed by atoms with Gasteiger partial charge in [-0.3, -0.25) is 9.59 Å². The number of anilines is 1. The van der Waals surface area contributed by atoms with Crippen molar-refractivity contribution in [3.63, 3.8) is 0 Å². The maximum atomic E-state index is 12.9. The molecule has 0 unspecified atom stereocenters. The summed E-state index contributed by atoms with van der Waals surface area (Å²) < 4.78 is 0. The third-order valence-electron chi connectivity index (χ3n) is 4.94. The van der Waals surface area contributed by atoms with Crippen LogP contribution in [0.3, 0.4) is 0 Å². The minimum absolute atomic E-state index is 0.167. The van der Waals surface area contributed by atoms with Crippen molar-refractivity contribution >= 4 is 23.6 Å². The molecule has 0 radical (unpaired) electrons. The molecule has 158 valence electrons. The predicted octanol–water partition coefficient (Wildman–Crippen LogP) is 4.48. The van der Waals surface area contributed by atoms with Crippen LogP contribution in [0, 0.1) is 0 Å². The van der Waals surface area contributed by atoms with Crippen LogP contribution in [0.4, 0.5) is 5.69 Å². The SMILES string of the molecule is CC(C)c1ccc(C=C(NC(=O)c2ccccc2)C(=O)NCc2ccccc2N)cc1. The van der Waals surface area contributed by atoms with Crippen molar-refractivity contribution in [2.45, 2.75) is 26.3 Å². The van der Waals surface area contributed by atoms with Crippen molar-refractivity contribution in [3.05, 3.63) is 107 Å². The minimum atomic E-state index is -0.388. The van der Waals surface area contributed by atoms with E-state index in [2.05, 4.69) is 24.5 Å². The van der Waals surface area contributed by atoms with Gasteiger partial charge in [-0.2, -0.15) is 0 Å². The van der Waals surface area contributed by atoms with Crippen molar-refractivity contribution in [1.29, 1.82) is 0 Å². The monoisotopic (exact) mass is 413 g/mol. The Labute approximate surface area is 183 Å². The molecule has 3 aromatic carbocycles. The molecule has 3 aromatic rings. The van der Waals surface area contributed by atoms with Gasteiger partial charge in [-0.15, -0.1) is 0 Å². The molecule has 0 atom stereocenters. The van der Waals surface area contributed by atoms with E-state index in [1.165, 1.54) is 5.56 Å². The first kappa shape index (κ1) is 21.8. The lowest BCUT2D eigenvalue weighted by atomic mass is 10.0. The summed E-state index contributed by atoms with van der Waals surface area (Å²) >= 11 is 0. The van der Waals surface area contributed by atoms with E-state index in [4.69, 9.17) is 5.73 Å². The van der Waals surface area contributed by atoms with E-state index in [9.17, 15) is 9.59 Å². The number of carbonyl (C=O) groups excluding carboxylic acids is 2. The Morgan fingerprint density at radius 3 is 2.19 bits per heavy atom. The molecule has 0 heterocycles. The van der Waals surface area contributed by atoms with Crippen LogP contribution in [0.15, 0.2) is 84.6 Å². The zero-order valence-electron chi connectivity index (χ0n) is 17.8. The van der Waals surface area contributed by atoms with Gasteiger partial charge < -0.3 is 16.4 Å². The Bertz CT molecular complexity index is 1070. The number of benzene rings is 3. The lowest BCUT2D eigenvalue weighted by molar-refractivity contribution is -0.117. The van der Waals surface area contributed by atoms with Crippen molar-refractivity contribution in [2.24, 2.45) is 0 Å². The van der Waals surface area contributed by atoms with Gasteiger partial charge in [-0.25, -0.2) is 0 Å². The summed E-state index contributed by atoms with van der Waals surface area (Å²) in [7, 11) is 0. The molecule has 5 nitrogen and oxygen atoms in total. The van der Waals surface area contributed by atoms with Crippen molar-refractivity contribution in [1.82, 2.24) is 10.6 Å². The van der Waals surface area contributed by atoms with Gasteiger partial charge in [0, 0.05) is 17.8 Å². The first-order valence-corrected chi connectivity index (χ1v) is 10.2. The Morgan fingerprint density at radius 1 is 0.903 bits per heavy atom. The molecule has 2 amide bonds. The number of rotatable bonds is 7. The zero-order chi connectivity index (χ0) is 22.2. The van der Waals surface area contributed by atoms with E-state index in [1.54, 1.807) is 36.4 Å². The standard InChI is InChI=1S/C26H27N3O2/c1-18(2)20-14-12-19(13-15-20)16-24(29-25(30)21-8-4-3-5-9-21)26(31)28-17-22-10-6-7-11-23(22)27/h3-16,18H,17,27H2,1-2H3,(H,28,31)(H,29,30). The van der Waals surface area contributed by atoms with Crippen LogP contribution in [0.1, 0.15) is 46.8 Å². The van der Waals surface area contributed by atoms with E-state index in [0.29, 0.717) is 17.2 Å². The van der Waals surface area contributed by atoms with E-state index < -0.39 is 0 Å². The van der Waals surface area contributed by atoms with Gasteiger partial charge in [0.05, 0.1) is 0 Å². The fourth-order valence-electron chi connectivity index (χ4n) is 3.05. The van der Waals surface area contributed by atoms with Crippen LogP contribution in [-0.2, 0) is 11.3 Å². The molecule has 0 fully saturated rings. The van der Waals surface area contributed by atoms with Gasteiger partial charge in [-0.05, 0) is 46.9 Å². The number of amides is 2. The molecule has 0 saturated heterocycles. The normalized spacial score (nSPS) is 11.3. The number of para-hydroxylation sites is 1. The summed E-state index contributed by atoms with van der Waals surface area (Å²) in [5, 5.41) is 5.59. The number of hydrogen-bond acceptors (Lipinski definition) is 3. The summed E-state index contributed by atoms with van der Waals surface area (Å²) in [5.74, 6) is -0.324. The topological polar surface area (TPSA) is 84.2 Å². The molecule has 31 heavy (non-hydrogen) atoms. The van der Waals surface area contributed by atoms with Crippen molar-refractivity contribution in [3.8, 4) is 0 Å². The molecule has 0 aliphatic carbocycles. The van der Waals surface area contributed by atoms with Gasteiger partial charge in [0.1, 0.15) is 5.70 Å². The van der Waals surface area contributed by atoms with Gasteiger partial charge in [-0.1, -0.05) is 74.5 Å². The summed E-state index contributed by atoms with van der Waals surface area (Å²) in [6, 6.07) is 24.1. The largest absolute Gasteiger partial charge is 0.398 e. The Balaban J connectivity index is 1.83. The van der Waals surface area contributed by atoms with Crippen LogP contribution < -0.4 is 16.4 Å². The molecule has 0 saturated carbocycles. The first-order chi connectivity index (χ1) is 14.9. The van der Waals surface area contributed by atoms with E-state index in [-0.39, 0.29) is 24.1 Å². The predicted molar refractivity (Wildman–Crippen MR) is 125 cm³/mol. The Kier molecular flexibility index (Phi) is 7.22. The van der Waals surface area contributed by atoms with E-state index in [0.717, 1.165) is 11.1 Å². The van der Waals surface area contributed by atoms with Crippen molar-refractivity contribution in [2.75, 3.05) is 5.73 Å². The second-order valence-corrected chi connectivity index (χ2v) is 7.58. The molecule has 3 rings (SSSR count). The Morgan fingerprint density at radius 2 is 1.55 bits per heavy atom. The van der Waals surface area contributed by atoms with Gasteiger partial charge in [0.25, 0.3) is 11.8 Å². The molecule has 0 aromatic heterocycles. The minimum Gasteiger partial charge on any atom is -0.398 e. The molecule has 0 aliphatic rings. The van der Waals surface area contributed by atoms with Crippen LogP contribution in [0.2, 0.25) is 0 Å². The van der Waals surface area contributed by atoms with Crippen LogP contribution in [0.25, 0.3) is 6.08 Å². The fourth-order valence-corrected chi connectivity index (χ4v) is 3.05. The molecule has 0 spiro atoms. The summed E-state index contributed by atoms with van der Waals surface area (Å²) in [4.78, 5) is 25.6. The van der Waals surface area contributed by atoms with Crippen LogP contribution >= 0.6 is 0 Å². The quantitative estimate of drug-likeness (QED) is 0.394. The number of nitrogens with two attached hydrogens (primary N) is 1. The highest BCUT2D eigenvalue weighted by Gasteiger charge is 2.15. The summed E-state index contributed by atoms with van der Waals surface area (Å²) in [6.07, 6.45) is 1.68. The van der Waals surface area contributed by atoms with E-state index >= 15 is 0 Å². The number of nitrogens with one attached hydrogen (secondary N) is 2. The van der Waals surface area contributed by atoms with Crippen molar-refractivity contribution < 1.29 is 9.59 Å². The van der Waals surface area contributed by atoms with E-state index in [1.807, 2.05) is 48.5 Å². The number of nitrogen functional groups attached to an aromatic ring is 1.